The fourth-order valence-corrected chi connectivity index (χ4v) is 2.39. The van der Waals surface area contributed by atoms with Gasteiger partial charge in [-0.15, -0.1) is 0 Å². The van der Waals surface area contributed by atoms with Gasteiger partial charge in [0.25, 0.3) is 0 Å². The van der Waals surface area contributed by atoms with Crippen molar-refractivity contribution in [3.63, 3.8) is 0 Å². The fraction of sp³-hybridized carbons (Fsp3) is 0.500. The van der Waals surface area contributed by atoms with Crippen LogP contribution in [0.25, 0.3) is 0 Å². The predicted octanol–water partition coefficient (Wildman–Crippen LogP) is 2.81. The van der Waals surface area contributed by atoms with Crippen molar-refractivity contribution >= 4 is 22.9 Å². The molecule has 11 heavy (non-hydrogen) atoms. The van der Waals surface area contributed by atoms with E-state index in [9.17, 15) is 0 Å². The molecule has 0 bridgehead atoms. The molecule has 1 aromatic heterocycles. The molecule has 1 fully saturated rings. The summed E-state index contributed by atoms with van der Waals surface area (Å²) in [5, 5.41) is 4.85. The summed E-state index contributed by atoms with van der Waals surface area (Å²) in [6.07, 6.45) is 2.54. The summed E-state index contributed by atoms with van der Waals surface area (Å²) < 4.78 is 0. The number of thiophene rings is 1. The van der Waals surface area contributed by atoms with Crippen molar-refractivity contribution in [3.05, 3.63) is 21.3 Å². The quantitative estimate of drug-likeness (QED) is 0.757. The van der Waals surface area contributed by atoms with Gasteiger partial charge in [-0.1, -0.05) is 11.6 Å². The average molecular weight is 188 g/mol. The zero-order chi connectivity index (χ0) is 7.84. The molecule has 1 aliphatic rings. The first-order valence-corrected chi connectivity index (χ1v) is 5.08. The van der Waals surface area contributed by atoms with Gasteiger partial charge in [0.15, 0.2) is 0 Å². The minimum atomic E-state index is 0.189. The largest absolute Gasteiger partial charge is 0.324 e. The third-order valence-electron chi connectivity index (χ3n) is 2.13. The van der Waals surface area contributed by atoms with Gasteiger partial charge in [-0.2, -0.15) is 11.3 Å². The average Bonchev–Trinajstić information content (AvgIpc) is 2.74. The second-order valence-electron chi connectivity index (χ2n) is 3.04. The molecule has 0 radical (unpaired) electrons. The van der Waals surface area contributed by atoms with Crippen LogP contribution >= 0.6 is 22.9 Å². The van der Waals surface area contributed by atoms with Crippen LogP contribution in [0.4, 0.5) is 0 Å². The first kappa shape index (κ1) is 7.59. The number of halogens is 1. The highest BCUT2D eigenvalue weighted by atomic mass is 35.5. The highest BCUT2D eigenvalue weighted by Crippen LogP contribution is 2.42. The lowest BCUT2D eigenvalue weighted by atomic mass is 10.1. The Morgan fingerprint density at radius 2 is 2.27 bits per heavy atom. The molecular weight excluding hydrogens is 178 g/mol. The van der Waals surface area contributed by atoms with Gasteiger partial charge in [-0.25, -0.2) is 0 Å². The zero-order valence-corrected chi connectivity index (χ0v) is 7.66. The van der Waals surface area contributed by atoms with E-state index in [1.165, 1.54) is 12.8 Å². The predicted molar refractivity (Wildman–Crippen MR) is 49.0 cm³/mol. The van der Waals surface area contributed by atoms with Crippen LogP contribution in [0.2, 0.25) is 5.02 Å². The molecule has 0 amide bonds. The van der Waals surface area contributed by atoms with E-state index in [1.54, 1.807) is 11.3 Å². The maximum absolute atomic E-state index is 5.97. The van der Waals surface area contributed by atoms with Crippen molar-refractivity contribution in [2.75, 3.05) is 0 Å². The zero-order valence-electron chi connectivity index (χ0n) is 6.09. The van der Waals surface area contributed by atoms with Crippen LogP contribution in [-0.4, -0.2) is 0 Å². The van der Waals surface area contributed by atoms with Gasteiger partial charge in [-0.05, 0) is 29.7 Å². The smallest absolute Gasteiger partial charge is 0.0560 e. The molecule has 0 aromatic carbocycles. The van der Waals surface area contributed by atoms with E-state index in [2.05, 4.69) is 5.38 Å². The molecule has 1 heterocycles. The van der Waals surface area contributed by atoms with Crippen molar-refractivity contribution in [2.24, 2.45) is 11.7 Å². The Balaban J connectivity index is 2.20. The summed E-state index contributed by atoms with van der Waals surface area (Å²) >= 11 is 7.56. The van der Waals surface area contributed by atoms with Crippen molar-refractivity contribution < 1.29 is 0 Å². The standard InChI is InChI=1S/C8H10ClNS/c9-7-4-11-3-6(7)8(10)5-1-2-5/h3-5,8H,1-2,10H2/t8-/m0/s1. The monoisotopic (exact) mass is 187 g/mol. The van der Waals surface area contributed by atoms with Crippen LogP contribution in [0.15, 0.2) is 10.8 Å². The number of nitrogens with two attached hydrogens (primary N) is 1. The molecule has 60 valence electrons. The lowest BCUT2D eigenvalue weighted by Gasteiger charge is -2.07. The molecule has 0 unspecified atom stereocenters. The third kappa shape index (κ3) is 1.43. The van der Waals surface area contributed by atoms with Gasteiger partial charge in [-0.3, -0.25) is 0 Å². The topological polar surface area (TPSA) is 26.0 Å². The van der Waals surface area contributed by atoms with Gasteiger partial charge in [0.2, 0.25) is 0 Å². The fourth-order valence-electron chi connectivity index (χ4n) is 1.24. The van der Waals surface area contributed by atoms with E-state index in [0.29, 0.717) is 5.92 Å². The molecule has 2 N–H and O–H groups in total. The highest BCUT2D eigenvalue weighted by Gasteiger charge is 2.30. The molecule has 0 aliphatic heterocycles. The molecule has 1 atom stereocenters. The summed E-state index contributed by atoms with van der Waals surface area (Å²) in [7, 11) is 0. The van der Waals surface area contributed by atoms with Crippen LogP contribution < -0.4 is 5.73 Å². The molecule has 1 nitrogen and oxygen atoms in total. The van der Waals surface area contributed by atoms with Crippen molar-refractivity contribution in [2.45, 2.75) is 18.9 Å². The number of hydrogen-bond acceptors (Lipinski definition) is 2. The van der Waals surface area contributed by atoms with Crippen molar-refractivity contribution in [1.82, 2.24) is 0 Å². The van der Waals surface area contributed by atoms with Crippen LogP contribution in [0.3, 0.4) is 0 Å². The molecule has 1 saturated carbocycles. The molecule has 1 aromatic rings. The van der Waals surface area contributed by atoms with E-state index in [1.807, 2.05) is 5.38 Å². The first-order chi connectivity index (χ1) is 5.29. The van der Waals surface area contributed by atoms with E-state index in [0.717, 1.165) is 10.6 Å². The maximum Gasteiger partial charge on any atom is 0.0560 e. The first-order valence-electron chi connectivity index (χ1n) is 3.76. The van der Waals surface area contributed by atoms with Gasteiger partial charge < -0.3 is 5.73 Å². The normalized spacial score (nSPS) is 20.2. The Hall–Kier alpha value is -0.0500. The Bertz CT molecular complexity index is 254. The Morgan fingerprint density at radius 3 is 2.73 bits per heavy atom. The summed E-state index contributed by atoms with van der Waals surface area (Å²) in [5.74, 6) is 0.696. The minimum absolute atomic E-state index is 0.189. The van der Waals surface area contributed by atoms with Gasteiger partial charge in [0.05, 0.1) is 5.02 Å². The molecular formula is C8H10ClNS. The Morgan fingerprint density at radius 1 is 1.55 bits per heavy atom. The van der Waals surface area contributed by atoms with Crippen LogP contribution in [0.1, 0.15) is 24.4 Å². The summed E-state index contributed by atoms with van der Waals surface area (Å²) in [4.78, 5) is 0. The summed E-state index contributed by atoms with van der Waals surface area (Å²) in [6.45, 7) is 0. The molecule has 3 heteroatoms. The lowest BCUT2D eigenvalue weighted by Crippen LogP contribution is -2.11. The van der Waals surface area contributed by atoms with E-state index in [-0.39, 0.29) is 6.04 Å². The second-order valence-corrected chi connectivity index (χ2v) is 4.19. The minimum Gasteiger partial charge on any atom is -0.324 e. The van der Waals surface area contributed by atoms with Crippen LogP contribution in [0, 0.1) is 5.92 Å². The molecule has 0 spiro atoms. The van der Waals surface area contributed by atoms with Crippen LogP contribution in [0.5, 0.6) is 0 Å². The second kappa shape index (κ2) is 2.77. The van der Waals surface area contributed by atoms with E-state index in [4.69, 9.17) is 17.3 Å². The maximum atomic E-state index is 5.97. The molecule has 0 saturated heterocycles. The van der Waals surface area contributed by atoms with Gasteiger partial charge in [0, 0.05) is 11.4 Å². The van der Waals surface area contributed by atoms with Crippen molar-refractivity contribution in [1.29, 1.82) is 0 Å². The van der Waals surface area contributed by atoms with Crippen LogP contribution in [-0.2, 0) is 0 Å². The lowest BCUT2D eigenvalue weighted by molar-refractivity contribution is 0.636. The Labute approximate surface area is 75.2 Å². The van der Waals surface area contributed by atoms with Crippen molar-refractivity contribution in [3.8, 4) is 0 Å². The number of hydrogen-bond donors (Lipinski definition) is 1. The summed E-state index contributed by atoms with van der Waals surface area (Å²) in [5.41, 5.74) is 7.11. The molecule has 2 rings (SSSR count). The van der Waals surface area contributed by atoms with Gasteiger partial charge >= 0.3 is 0 Å². The van der Waals surface area contributed by atoms with E-state index >= 15 is 0 Å². The SMILES string of the molecule is N[C@H](c1cscc1Cl)C1CC1. The third-order valence-corrected chi connectivity index (χ3v) is 3.35. The summed E-state index contributed by atoms with van der Waals surface area (Å²) in [6, 6.07) is 0.189. The Kier molecular flexibility index (Phi) is 1.91. The van der Waals surface area contributed by atoms with E-state index < -0.39 is 0 Å². The highest BCUT2D eigenvalue weighted by molar-refractivity contribution is 7.08. The number of rotatable bonds is 2. The molecule has 1 aliphatic carbocycles. The van der Waals surface area contributed by atoms with Gasteiger partial charge in [0.1, 0.15) is 0 Å².